The van der Waals surface area contributed by atoms with E-state index in [1.165, 1.54) is 6.07 Å². The Morgan fingerprint density at radius 1 is 1.22 bits per heavy atom. The van der Waals surface area contributed by atoms with E-state index in [1.807, 2.05) is 6.92 Å². The first-order valence-corrected chi connectivity index (χ1v) is 8.90. The van der Waals surface area contributed by atoms with E-state index in [-0.39, 0.29) is 44.3 Å². The number of amides is 1. The molecule has 1 N–H and O–H groups in total. The van der Waals surface area contributed by atoms with Crippen LogP contribution in [0.5, 0.6) is 0 Å². The lowest BCUT2D eigenvalue weighted by atomic mass is 10.1. The Bertz CT molecular complexity index is 549. The van der Waals surface area contributed by atoms with Crippen molar-refractivity contribution in [3.05, 3.63) is 26.2 Å². The smallest absolute Gasteiger partial charge is 0.238 e. The van der Waals surface area contributed by atoms with Crippen molar-refractivity contribution < 1.29 is 9.53 Å². The van der Waals surface area contributed by atoms with Crippen LogP contribution in [0.15, 0.2) is 6.07 Å². The summed E-state index contributed by atoms with van der Waals surface area (Å²) in [6.07, 6.45) is 2.13. The molecule has 23 heavy (non-hydrogen) atoms. The first kappa shape index (κ1) is 19.1. The lowest BCUT2D eigenvalue weighted by molar-refractivity contribution is -0.118. The molecule has 0 aromatic heterocycles. The van der Waals surface area contributed by atoms with Gasteiger partial charge in [0.1, 0.15) is 0 Å². The zero-order chi connectivity index (χ0) is 17.0. The second kappa shape index (κ2) is 8.75. The zero-order valence-electron chi connectivity index (χ0n) is 12.7. The van der Waals surface area contributed by atoms with E-state index < -0.39 is 0 Å². The van der Waals surface area contributed by atoms with Crippen molar-refractivity contribution in [2.45, 2.75) is 25.9 Å². The van der Waals surface area contributed by atoms with Crippen LogP contribution in [0, 0.1) is 0 Å². The number of piperidine rings is 1. The second-order valence-corrected chi connectivity index (χ2v) is 6.89. The van der Waals surface area contributed by atoms with Crippen molar-refractivity contribution in [1.82, 2.24) is 4.90 Å². The van der Waals surface area contributed by atoms with Crippen molar-refractivity contribution in [3.63, 3.8) is 0 Å². The molecule has 0 spiro atoms. The average Bonchev–Trinajstić information content (AvgIpc) is 2.52. The van der Waals surface area contributed by atoms with Crippen LogP contribution in [0.2, 0.25) is 20.1 Å². The third kappa shape index (κ3) is 5.12. The van der Waals surface area contributed by atoms with Gasteiger partial charge in [0.15, 0.2) is 0 Å². The number of nitrogens with zero attached hydrogens (tertiary/aromatic N) is 1. The number of benzene rings is 1. The Balaban J connectivity index is 1.94. The molecule has 1 heterocycles. The molecule has 4 nitrogen and oxygen atoms in total. The Morgan fingerprint density at radius 3 is 2.30 bits per heavy atom. The number of ether oxygens (including phenoxy) is 1. The molecule has 1 amide bonds. The van der Waals surface area contributed by atoms with Crippen LogP contribution in [0.25, 0.3) is 0 Å². The predicted molar refractivity (Wildman–Crippen MR) is 96.2 cm³/mol. The molecule has 0 atom stereocenters. The van der Waals surface area contributed by atoms with Crippen LogP contribution in [-0.2, 0) is 9.53 Å². The van der Waals surface area contributed by atoms with E-state index in [0.29, 0.717) is 0 Å². The molecular formula is C15H18Cl4N2O2. The molecular weight excluding hydrogens is 382 g/mol. The average molecular weight is 400 g/mol. The van der Waals surface area contributed by atoms with Crippen LogP contribution in [0.1, 0.15) is 19.8 Å². The van der Waals surface area contributed by atoms with Gasteiger partial charge < -0.3 is 10.1 Å². The largest absolute Gasteiger partial charge is 0.378 e. The fraction of sp³-hybridized carbons (Fsp3) is 0.533. The molecule has 1 aliphatic rings. The molecule has 0 saturated carbocycles. The highest BCUT2D eigenvalue weighted by atomic mass is 35.5. The lowest BCUT2D eigenvalue weighted by Gasteiger charge is -2.31. The number of hydrogen-bond acceptors (Lipinski definition) is 3. The number of carbonyl (C=O) groups is 1. The van der Waals surface area contributed by atoms with E-state index in [2.05, 4.69) is 10.2 Å². The van der Waals surface area contributed by atoms with Gasteiger partial charge >= 0.3 is 0 Å². The Labute approximate surface area is 156 Å². The Kier molecular flexibility index (Phi) is 7.26. The van der Waals surface area contributed by atoms with E-state index in [1.54, 1.807) is 0 Å². The van der Waals surface area contributed by atoms with Gasteiger partial charge in [0.2, 0.25) is 5.91 Å². The van der Waals surface area contributed by atoms with Gasteiger partial charge in [-0.3, -0.25) is 9.69 Å². The molecule has 0 aliphatic carbocycles. The normalized spacial score (nSPS) is 16.6. The van der Waals surface area contributed by atoms with Gasteiger partial charge in [-0.25, -0.2) is 0 Å². The van der Waals surface area contributed by atoms with Crippen LogP contribution < -0.4 is 5.32 Å². The topological polar surface area (TPSA) is 41.6 Å². The minimum Gasteiger partial charge on any atom is -0.378 e. The second-order valence-electron chi connectivity index (χ2n) is 5.32. The fourth-order valence-electron chi connectivity index (χ4n) is 2.53. The van der Waals surface area contributed by atoms with Crippen molar-refractivity contribution >= 4 is 58.0 Å². The summed E-state index contributed by atoms with van der Waals surface area (Å²) in [5.74, 6) is -0.206. The summed E-state index contributed by atoms with van der Waals surface area (Å²) >= 11 is 24.1. The van der Waals surface area contributed by atoms with Crippen molar-refractivity contribution in [3.8, 4) is 0 Å². The predicted octanol–water partition coefficient (Wildman–Crippen LogP) is 4.74. The maximum absolute atomic E-state index is 12.2. The Morgan fingerprint density at radius 2 is 1.78 bits per heavy atom. The summed E-state index contributed by atoms with van der Waals surface area (Å²) in [7, 11) is 0. The van der Waals surface area contributed by atoms with Gasteiger partial charge in [-0.2, -0.15) is 0 Å². The summed E-state index contributed by atoms with van der Waals surface area (Å²) < 4.78 is 5.60. The molecule has 0 bridgehead atoms. The van der Waals surface area contributed by atoms with Crippen LogP contribution in [0.4, 0.5) is 5.69 Å². The van der Waals surface area contributed by atoms with Crippen LogP contribution in [0.3, 0.4) is 0 Å². The Hall–Kier alpha value is -0.230. The molecule has 128 valence electrons. The molecule has 0 radical (unpaired) electrons. The third-order valence-electron chi connectivity index (χ3n) is 3.68. The van der Waals surface area contributed by atoms with E-state index in [0.717, 1.165) is 32.5 Å². The lowest BCUT2D eigenvalue weighted by Crippen LogP contribution is -2.41. The molecule has 1 aromatic rings. The van der Waals surface area contributed by atoms with Crippen molar-refractivity contribution in [2.75, 3.05) is 31.6 Å². The number of rotatable bonds is 5. The quantitative estimate of drug-likeness (QED) is 0.727. The minimum atomic E-state index is -0.206. The van der Waals surface area contributed by atoms with Gasteiger partial charge in [-0.05, 0) is 25.8 Å². The molecule has 1 aromatic carbocycles. The van der Waals surface area contributed by atoms with Gasteiger partial charge in [-0.1, -0.05) is 46.4 Å². The molecule has 2 rings (SSSR count). The van der Waals surface area contributed by atoms with Gasteiger partial charge in [-0.15, -0.1) is 0 Å². The number of likely N-dealkylation sites (tertiary alicyclic amines) is 1. The van der Waals surface area contributed by atoms with Gasteiger partial charge in [0.25, 0.3) is 0 Å². The SMILES string of the molecule is CCOC1CCN(CC(=O)Nc2c(Cl)c(Cl)cc(Cl)c2Cl)CC1. The molecule has 1 fully saturated rings. The number of hydrogen-bond donors (Lipinski definition) is 1. The third-order valence-corrected chi connectivity index (χ3v) is 5.26. The zero-order valence-corrected chi connectivity index (χ0v) is 15.7. The summed E-state index contributed by atoms with van der Waals surface area (Å²) in [6.45, 7) is 4.60. The summed E-state index contributed by atoms with van der Waals surface area (Å²) in [5.41, 5.74) is 0.250. The number of carbonyl (C=O) groups excluding carboxylic acids is 1. The first-order chi connectivity index (χ1) is 10.9. The van der Waals surface area contributed by atoms with E-state index >= 15 is 0 Å². The van der Waals surface area contributed by atoms with Gasteiger partial charge in [0.05, 0.1) is 38.4 Å². The van der Waals surface area contributed by atoms with E-state index in [4.69, 9.17) is 51.1 Å². The van der Waals surface area contributed by atoms with Crippen molar-refractivity contribution in [2.24, 2.45) is 0 Å². The maximum Gasteiger partial charge on any atom is 0.238 e. The highest BCUT2D eigenvalue weighted by Crippen LogP contribution is 2.40. The maximum atomic E-state index is 12.2. The fourth-order valence-corrected chi connectivity index (χ4v) is 3.44. The van der Waals surface area contributed by atoms with E-state index in [9.17, 15) is 4.79 Å². The monoisotopic (exact) mass is 398 g/mol. The number of nitrogens with one attached hydrogen (secondary N) is 1. The summed E-state index contributed by atoms with van der Waals surface area (Å²) in [5, 5.41) is 3.56. The standard InChI is InChI=1S/C15H18Cl4N2O2/c1-2-23-9-3-5-21(6-4-9)8-12(22)20-15-13(18)10(16)7-11(17)14(15)19/h7,9H,2-6,8H2,1H3,(H,20,22). The molecule has 8 heteroatoms. The highest BCUT2D eigenvalue weighted by molar-refractivity contribution is 6.50. The van der Waals surface area contributed by atoms with Crippen LogP contribution in [-0.4, -0.2) is 43.2 Å². The summed E-state index contributed by atoms with van der Waals surface area (Å²) in [6, 6.07) is 1.45. The van der Waals surface area contributed by atoms with Gasteiger partial charge in [0, 0.05) is 19.7 Å². The summed E-state index contributed by atoms with van der Waals surface area (Å²) in [4.78, 5) is 14.3. The van der Waals surface area contributed by atoms with Crippen LogP contribution >= 0.6 is 46.4 Å². The van der Waals surface area contributed by atoms with Crippen molar-refractivity contribution in [1.29, 1.82) is 0 Å². The molecule has 1 saturated heterocycles. The molecule has 0 unspecified atom stereocenters. The molecule has 1 aliphatic heterocycles. The number of halogens is 4. The minimum absolute atomic E-state index is 0.185. The first-order valence-electron chi connectivity index (χ1n) is 7.39. The number of anilines is 1. The highest BCUT2D eigenvalue weighted by Gasteiger charge is 2.22.